The summed E-state index contributed by atoms with van der Waals surface area (Å²) in [7, 11) is 2.83. The third-order valence-corrected chi connectivity index (χ3v) is 1.06. The summed E-state index contributed by atoms with van der Waals surface area (Å²) in [5, 5.41) is 2.40. The largest absolute Gasteiger partial charge is 0.469 e. The van der Waals surface area contributed by atoms with Crippen LogP contribution in [0.1, 0.15) is 12.8 Å². The first-order valence-electron chi connectivity index (χ1n) is 2.98. The zero-order valence-corrected chi connectivity index (χ0v) is 6.14. The van der Waals surface area contributed by atoms with E-state index in [9.17, 15) is 9.59 Å². The summed E-state index contributed by atoms with van der Waals surface area (Å²) < 4.78 is 4.33. The minimum Gasteiger partial charge on any atom is -0.469 e. The topological polar surface area (TPSA) is 55.4 Å². The number of hydrogen-bond acceptors (Lipinski definition) is 3. The highest BCUT2D eigenvalue weighted by Gasteiger charge is 2.03. The number of ether oxygens (including phenoxy) is 1. The number of esters is 1. The Morgan fingerprint density at radius 2 is 2.00 bits per heavy atom. The van der Waals surface area contributed by atoms with Crippen molar-refractivity contribution in [1.82, 2.24) is 5.32 Å². The molecule has 0 atom stereocenters. The molecule has 0 aromatic heterocycles. The molecule has 0 unspecified atom stereocenters. The van der Waals surface area contributed by atoms with Gasteiger partial charge in [0.15, 0.2) is 0 Å². The molecular formula is C6H11NO3. The van der Waals surface area contributed by atoms with E-state index < -0.39 is 0 Å². The standard InChI is InChI=1S/C6H11NO3/c1-7-5(8)3-4-6(9)10-2/h3-4H2,1-2H3,(H,7,8). The van der Waals surface area contributed by atoms with Crippen LogP contribution in [0, 0.1) is 0 Å². The van der Waals surface area contributed by atoms with E-state index in [2.05, 4.69) is 10.1 Å². The molecule has 0 bridgehead atoms. The molecule has 10 heavy (non-hydrogen) atoms. The number of methoxy groups -OCH3 is 1. The molecular weight excluding hydrogens is 134 g/mol. The van der Waals surface area contributed by atoms with Crippen LogP contribution >= 0.6 is 0 Å². The Labute approximate surface area is 59.6 Å². The molecule has 4 nitrogen and oxygen atoms in total. The molecule has 0 aliphatic carbocycles. The van der Waals surface area contributed by atoms with Crippen molar-refractivity contribution in [1.29, 1.82) is 0 Å². The Balaban J connectivity index is 3.35. The molecule has 0 rings (SSSR count). The normalized spacial score (nSPS) is 8.60. The predicted octanol–water partition coefficient (Wildman–Crippen LogP) is -0.314. The summed E-state index contributed by atoms with van der Waals surface area (Å²) >= 11 is 0. The van der Waals surface area contributed by atoms with Gasteiger partial charge in [-0.2, -0.15) is 0 Å². The van der Waals surface area contributed by atoms with E-state index in [1.165, 1.54) is 14.2 Å². The second-order valence-electron chi connectivity index (χ2n) is 1.75. The molecule has 0 saturated heterocycles. The first kappa shape index (κ1) is 8.94. The van der Waals surface area contributed by atoms with Crippen LogP contribution in [0.4, 0.5) is 0 Å². The Kier molecular flexibility index (Phi) is 4.28. The second-order valence-corrected chi connectivity index (χ2v) is 1.75. The quantitative estimate of drug-likeness (QED) is 0.554. The third-order valence-electron chi connectivity index (χ3n) is 1.06. The van der Waals surface area contributed by atoms with Crippen LogP contribution in [0.2, 0.25) is 0 Å². The van der Waals surface area contributed by atoms with Crippen LogP contribution in [0.25, 0.3) is 0 Å². The van der Waals surface area contributed by atoms with Crippen molar-refractivity contribution >= 4 is 11.9 Å². The van der Waals surface area contributed by atoms with E-state index in [-0.39, 0.29) is 24.7 Å². The lowest BCUT2D eigenvalue weighted by Gasteiger charge is -1.97. The van der Waals surface area contributed by atoms with Gasteiger partial charge in [0.05, 0.1) is 13.5 Å². The van der Waals surface area contributed by atoms with Crippen LogP contribution in [-0.4, -0.2) is 26.0 Å². The van der Waals surface area contributed by atoms with Gasteiger partial charge in [0.2, 0.25) is 5.91 Å². The smallest absolute Gasteiger partial charge is 0.306 e. The van der Waals surface area contributed by atoms with Crippen molar-refractivity contribution < 1.29 is 14.3 Å². The fourth-order valence-electron chi connectivity index (χ4n) is 0.443. The van der Waals surface area contributed by atoms with E-state index in [0.29, 0.717) is 0 Å². The van der Waals surface area contributed by atoms with Crippen molar-refractivity contribution in [2.75, 3.05) is 14.2 Å². The van der Waals surface area contributed by atoms with Crippen molar-refractivity contribution in [2.45, 2.75) is 12.8 Å². The Morgan fingerprint density at radius 1 is 1.40 bits per heavy atom. The maximum absolute atomic E-state index is 10.5. The van der Waals surface area contributed by atoms with Gasteiger partial charge in [-0.3, -0.25) is 9.59 Å². The highest BCUT2D eigenvalue weighted by Crippen LogP contribution is 1.89. The zero-order valence-electron chi connectivity index (χ0n) is 6.14. The minimum absolute atomic E-state index is 0.148. The van der Waals surface area contributed by atoms with E-state index in [4.69, 9.17) is 0 Å². The van der Waals surface area contributed by atoms with Crippen LogP contribution in [0.15, 0.2) is 0 Å². The van der Waals surface area contributed by atoms with Crippen molar-refractivity contribution in [2.24, 2.45) is 0 Å². The van der Waals surface area contributed by atoms with Gasteiger partial charge < -0.3 is 10.1 Å². The number of amides is 1. The maximum Gasteiger partial charge on any atom is 0.306 e. The van der Waals surface area contributed by atoms with Gasteiger partial charge in [0, 0.05) is 13.5 Å². The van der Waals surface area contributed by atoms with Crippen molar-refractivity contribution in [3.63, 3.8) is 0 Å². The molecule has 0 spiro atoms. The lowest BCUT2D eigenvalue weighted by molar-refractivity contribution is -0.142. The SMILES string of the molecule is CNC(=O)CCC(=O)OC. The van der Waals surface area contributed by atoms with Crippen LogP contribution in [-0.2, 0) is 14.3 Å². The lowest BCUT2D eigenvalue weighted by Crippen LogP contribution is -2.18. The molecule has 0 heterocycles. The first-order valence-corrected chi connectivity index (χ1v) is 2.98. The lowest BCUT2D eigenvalue weighted by atomic mass is 10.3. The summed E-state index contributed by atoms with van der Waals surface area (Å²) in [6.07, 6.45) is 0.347. The summed E-state index contributed by atoms with van der Waals surface area (Å²) in [5.41, 5.74) is 0. The van der Waals surface area contributed by atoms with E-state index in [0.717, 1.165) is 0 Å². The molecule has 0 aliphatic heterocycles. The molecule has 0 fully saturated rings. The van der Waals surface area contributed by atoms with Crippen molar-refractivity contribution in [3.8, 4) is 0 Å². The summed E-state index contributed by atoms with van der Waals surface area (Å²) in [5.74, 6) is -0.506. The second kappa shape index (κ2) is 4.78. The highest BCUT2D eigenvalue weighted by molar-refractivity contribution is 5.80. The number of nitrogens with one attached hydrogen (secondary N) is 1. The zero-order chi connectivity index (χ0) is 7.98. The molecule has 0 radical (unpaired) electrons. The monoisotopic (exact) mass is 145 g/mol. The number of hydrogen-bond donors (Lipinski definition) is 1. The van der Waals surface area contributed by atoms with Gasteiger partial charge in [-0.25, -0.2) is 0 Å². The summed E-state index contributed by atoms with van der Waals surface area (Å²) in [6.45, 7) is 0. The van der Waals surface area contributed by atoms with Crippen LogP contribution in [0.5, 0.6) is 0 Å². The molecule has 1 amide bonds. The molecule has 4 heteroatoms. The Morgan fingerprint density at radius 3 is 2.40 bits per heavy atom. The fourth-order valence-corrected chi connectivity index (χ4v) is 0.443. The maximum atomic E-state index is 10.5. The number of rotatable bonds is 3. The molecule has 0 aliphatic rings. The van der Waals surface area contributed by atoms with Crippen molar-refractivity contribution in [3.05, 3.63) is 0 Å². The Bertz CT molecular complexity index is 117. The predicted molar refractivity (Wildman–Crippen MR) is 35.3 cm³/mol. The average molecular weight is 145 g/mol. The molecule has 58 valence electrons. The van der Waals surface area contributed by atoms with Gasteiger partial charge in [-0.05, 0) is 0 Å². The van der Waals surface area contributed by atoms with Crippen LogP contribution in [0.3, 0.4) is 0 Å². The fraction of sp³-hybridized carbons (Fsp3) is 0.667. The number of carbonyl (C=O) groups is 2. The van der Waals surface area contributed by atoms with Gasteiger partial charge in [-0.15, -0.1) is 0 Å². The van der Waals surface area contributed by atoms with Gasteiger partial charge >= 0.3 is 5.97 Å². The van der Waals surface area contributed by atoms with E-state index in [1.54, 1.807) is 0 Å². The first-order chi connectivity index (χ1) is 4.70. The summed E-state index contributed by atoms with van der Waals surface area (Å²) in [6, 6.07) is 0. The molecule has 0 aromatic rings. The molecule has 0 aromatic carbocycles. The van der Waals surface area contributed by atoms with Gasteiger partial charge in [-0.1, -0.05) is 0 Å². The highest BCUT2D eigenvalue weighted by atomic mass is 16.5. The average Bonchev–Trinajstić information content (AvgIpc) is 1.99. The minimum atomic E-state index is -0.358. The van der Waals surface area contributed by atoms with E-state index >= 15 is 0 Å². The summed E-state index contributed by atoms with van der Waals surface area (Å²) in [4.78, 5) is 20.9. The number of carbonyl (C=O) groups excluding carboxylic acids is 2. The third kappa shape index (κ3) is 3.88. The Hall–Kier alpha value is -1.06. The molecule has 1 N–H and O–H groups in total. The van der Waals surface area contributed by atoms with Gasteiger partial charge in [0.25, 0.3) is 0 Å². The van der Waals surface area contributed by atoms with Crippen LogP contribution < -0.4 is 5.32 Å². The van der Waals surface area contributed by atoms with Gasteiger partial charge in [0.1, 0.15) is 0 Å². The molecule has 0 saturated carbocycles. The van der Waals surface area contributed by atoms with E-state index in [1.807, 2.05) is 0 Å².